The van der Waals surface area contributed by atoms with Crippen LogP contribution in [0.15, 0.2) is 30.3 Å². The van der Waals surface area contributed by atoms with E-state index in [0.29, 0.717) is 54.8 Å². The third-order valence-electron chi connectivity index (χ3n) is 6.04. The Morgan fingerprint density at radius 1 is 0.917 bits per heavy atom. The minimum absolute atomic E-state index is 0.0276. The molecule has 198 valence electrons. The molecule has 0 saturated carbocycles. The molecule has 0 bridgehead atoms. The summed E-state index contributed by atoms with van der Waals surface area (Å²) in [5.74, 6) is 2.05. The van der Waals surface area contributed by atoms with Crippen LogP contribution in [0.1, 0.15) is 83.5 Å². The van der Waals surface area contributed by atoms with Crippen LogP contribution in [0.4, 0.5) is 0 Å². The molecule has 0 radical (unpaired) electrons. The smallest absolute Gasteiger partial charge is 0.303 e. The van der Waals surface area contributed by atoms with Crippen molar-refractivity contribution in [1.82, 2.24) is 0 Å². The molecule has 2 atom stereocenters. The average molecular weight is 501 g/mol. The van der Waals surface area contributed by atoms with Gasteiger partial charge in [-0.25, -0.2) is 0 Å². The van der Waals surface area contributed by atoms with E-state index in [4.69, 9.17) is 23.7 Å². The number of fused-ring (bicyclic) bond motifs is 1. The van der Waals surface area contributed by atoms with Gasteiger partial charge in [0.05, 0.1) is 19.8 Å². The molecule has 0 fully saturated rings. The van der Waals surface area contributed by atoms with Crippen LogP contribution >= 0.6 is 0 Å². The first-order valence-electron chi connectivity index (χ1n) is 13.2. The van der Waals surface area contributed by atoms with E-state index < -0.39 is 18.2 Å². The molecule has 7 nitrogen and oxygen atoms in total. The second kappa shape index (κ2) is 13.9. The SMILES string of the molecule is CCCCOc1cc(OCCCC)c2c(c1)O[C@H](c1ccc(OCCCC)c(O)c1)[C@H](OC(C)=O)C2. The van der Waals surface area contributed by atoms with Crippen LogP contribution in [0.3, 0.4) is 0 Å². The number of unbranched alkanes of at least 4 members (excludes halogenated alkanes) is 3. The first-order chi connectivity index (χ1) is 17.5. The van der Waals surface area contributed by atoms with Gasteiger partial charge in [-0.3, -0.25) is 4.79 Å². The van der Waals surface area contributed by atoms with E-state index in [9.17, 15) is 9.90 Å². The van der Waals surface area contributed by atoms with Crippen LogP contribution in [-0.2, 0) is 16.0 Å². The van der Waals surface area contributed by atoms with E-state index in [1.165, 1.54) is 6.92 Å². The summed E-state index contributed by atoms with van der Waals surface area (Å²) in [5.41, 5.74) is 1.54. The van der Waals surface area contributed by atoms with Gasteiger partial charge in [0.15, 0.2) is 17.6 Å². The molecule has 1 N–H and O–H groups in total. The molecule has 3 rings (SSSR count). The zero-order chi connectivity index (χ0) is 25.9. The molecule has 0 unspecified atom stereocenters. The maximum atomic E-state index is 12.0. The summed E-state index contributed by atoms with van der Waals surface area (Å²) < 4.78 is 29.9. The lowest BCUT2D eigenvalue weighted by Gasteiger charge is -2.34. The Morgan fingerprint density at radius 2 is 1.56 bits per heavy atom. The van der Waals surface area contributed by atoms with Crippen molar-refractivity contribution in [3.05, 3.63) is 41.5 Å². The standard InChI is InChI=1S/C29H40O7/c1-5-8-13-32-22-17-26(34-15-10-7-3)23-19-28(35-20(4)30)29(36-27(23)18-22)21-11-12-25(24(31)16-21)33-14-9-6-2/h11-12,16-18,28-29,31H,5-10,13-15,19H2,1-4H3/t28-,29-/m1/s1. The molecule has 1 aliphatic rings. The van der Waals surface area contributed by atoms with Crippen LogP contribution in [0.2, 0.25) is 0 Å². The maximum Gasteiger partial charge on any atom is 0.303 e. The minimum Gasteiger partial charge on any atom is -0.504 e. The van der Waals surface area contributed by atoms with Gasteiger partial charge in [0.2, 0.25) is 0 Å². The lowest BCUT2D eigenvalue weighted by molar-refractivity contribution is -0.152. The lowest BCUT2D eigenvalue weighted by Crippen LogP contribution is -2.34. The highest BCUT2D eigenvalue weighted by atomic mass is 16.6. The van der Waals surface area contributed by atoms with Crippen molar-refractivity contribution < 1.29 is 33.6 Å². The third kappa shape index (κ3) is 7.45. The predicted octanol–water partition coefficient (Wildman–Crippen LogP) is 6.54. The average Bonchev–Trinajstić information content (AvgIpc) is 2.85. The van der Waals surface area contributed by atoms with E-state index in [1.54, 1.807) is 12.1 Å². The van der Waals surface area contributed by atoms with Gasteiger partial charge in [0.1, 0.15) is 23.4 Å². The Labute approximate surface area is 214 Å². The van der Waals surface area contributed by atoms with Gasteiger partial charge in [0.25, 0.3) is 0 Å². The van der Waals surface area contributed by atoms with E-state index in [1.807, 2.05) is 18.2 Å². The zero-order valence-electron chi connectivity index (χ0n) is 22.0. The number of benzene rings is 2. The molecule has 0 amide bonds. The number of carbonyl (C=O) groups excluding carboxylic acids is 1. The van der Waals surface area contributed by atoms with E-state index in [-0.39, 0.29) is 5.75 Å². The van der Waals surface area contributed by atoms with Crippen molar-refractivity contribution in [3.8, 4) is 28.7 Å². The number of phenols is 1. The first kappa shape index (κ1) is 27.5. The van der Waals surface area contributed by atoms with Crippen molar-refractivity contribution in [2.75, 3.05) is 19.8 Å². The predicted molar refractivity (Wildman–Crippen MR) is 138 cm³/mol. The largest absolute Gasteiger partial charge is 0.504 e. The van der Waals surface area contributed by atoms with Crippen LogP contribution in [0.5, 0.6) is 28.7 Å². The first-order valence-corrected chi connectivity index (χ1v) is 13.2. The van der Waals surface area contributed by atoms with Gasteiger partial charge in [-0.2, -0.15) is 0 Å². The number of aromatic hydroxyl groups is 1. The van der Waals surface area contributed by atoms with Gasteiger partial charge in [0, 0.05) is 36.6 Å². The number of ether oxygens (including phenoxy) is 5. The minimum atomic E-state index is -0.605. The molecule has 0 spiro atoms. The second-order valence-corrected chi connectivity index (χ2v) is 9.12. The van der Waals surface area contributed by atoms with Crippen molar-refractivity contribution in [3.63, 3.8) is 0 Å². The Balaban J connectivity index is 1.93. The molecule has 0 saturated heterocycles. The summed E-state index contributed by atoms with van der Waals surface area (Å²) in [6.07, 6.45) is 5.08. The van der Waals surface area contributed by atoms with E-state index >= 15 is 0 Å². The highest BCUT2D eigenvalue weighted by Crippen LogP contribution is 2.44. The quantitative estimate of drug-likeness (QED) is 0.233. The Hall–Kier alpha value is -3.09. The van der Waals surface area contributed by atoms with Gasteiger partial charge < -0.3 is 28.8 Å². The van der Waals surface area contributed by atoms with E-state index in [0.717, 1.165) is 44.1 Å². The van der Waals surface area contributed by atoms with Crippen LogP contribution in [-0.4, -0.2) is 37.0 Å². The summed E-state index contributed by atoms with van der Waals surface area (Å²) in [4.78, 5) is 12.0. The second-order valence-electron chi connectivity index (χ2n) is 9.12. The Morgan fingerprint density at radius 3 is 2.17 bits per heavy atom. The molecule has 2 aromatic carbocycles. The summed E-state index contributed by atoms with van der Waals surface area (Å²) in [7, 11) is 0. The number of hydrogen-bond acceptors (Lipinski definition) is 7. The van der Waals surface area contributed by atoms with Crippen molar-refractivity contribution in [2.24, 2.45) is 0 Å². The molecule has 1 heterocycles. The summed E-state index contributed by atoms with van der Waals surface area (Å²) in [6, 6.07) is 8.96. The molecule has 0 aromatic heterocycles. The maximum absolute atomic E-state index is 12.0. The number of rotatable bonds is 14. The van der Waals surface area contributed by atoms with Gasteiger partial charge >= 0.3 is 5.97 Å². The monoisotopic (exact) mass is 500 g/mol. The fourth-order valence-corrected chi connectivity index (χ4v) is 4.06. The highest BCUT2D eigenvalue weighted by Gasteiger charge is 2.36. The molecule has 7 heteroatoms. The molecular formula is C29H40O7. The molecule has 0 aliphatic carbocycles. The van der Waals surface area contributed by atoms with Crippen molar-refractivity contribution in [1.29, 1.82) is 0 Å². The molecular weight excluding hydrogens is 460 g/mol. The fraction of sp³-hybridized carbons (Fsp3) is 0.552. The Bertz CT molecular complexity index is 988. The topological polar surface area (TPSA) is 83.5 Å². The van der Waals surface area contributed by atoms with E-state index in [2.05, 4.69) is 20.8 Å². The highest BCUT2D eigenvalue weighted by molar-refractivity contribution is 5.66. The number of carbonyl (C=O) groups is 1. The Kier molecular flexibility index (Phi) is 10.6. The van der Waals surface area contributed by atoms with Crippen molar-refractivity contribution in [2.45, 2.75) is 84.8 Å². The van der Waals surface area contributed by atoms with Crippen LogP contribution in [0.25, 0.3) is 0 Å². The lowest BCUT2D eigenvalue weighted by atomic mass is 9.93. The molecule has 36 heavy (non-hydrogen) atoms. The number of hydrogen-bond donors (Lipinski definition) is 1. The zero-order valence-corrected chi connectivity index (χ0v) is 22.0. The molecule has 2 aromatic rings. The third-order valence-corrected chi connectivity index (χ3v) is 6.04. The van der Waals surface area contributed by atoms with Crippen LogP contribution in [0, 0.1) is 0 Å². The van der Waals surface area contributed by atoms with Gasteiger partial charge in [-0.05, 0) is 31.4 Å². The summed E-state index contributed by atoms with van der Waals surface area (Å²) in [5, 5.41) is 10.6. The number of phenolic OH excluding ortho intramolecular Hbond substituents is 1. The normalized spacial score (nSPS) is 16.6. The van der Waals surface area contributed by atoms with Crippen LogP contribution < -0.4 is 18.9 Å². The fourth-order valence-electron chi connectivity index (χ4n) is 4.06. The summed E-state index contributed by atoms with van der Waals surface area (Å²) >= 11 is 0. The van der Waals surface area contributed by atoms with Gasteiger partial charge in [-0.15, -0.1) is 0 Å². The summed E-state index contributed by atoms with van der Waals surface area (Å²) in [6.45, 7) is 9.43. The van der Waals surface area contributed by atoms with Crippen molar-refractivity contribution >= 4 is 5.97 Å². The number of esters is 1. The molecule has 1 aliphatic heterocycles. The van der Waals surface area contributed by atoms with Gasteiger partial charge in [-0.1, -0.05) is 46.1 Å².